The topological polar surface area (TPSA) is 20.2 Å². The summed E-state index contributed by atoms with van der Waals surface area (Å²) in [4.78, 5) is 0. The largest absolute Gasteiger partial charge is 0.390 e. The van der Waals surface area contributed by atoms with E-state index in [2.05, 4.69) is 34.6 Å². The zero-order valence-corrected chi connectivity index (χ0v) is 10.1. The SMILES string of the molecule is CCC(C)C(C)C(C)(O)C(C)CC. The summed E-state index contributed by atoms with van der Waals surface area (Å²) in [5.74, 6) is 1.37. The molecule has 0 heterocycles. The van der Waals surface area contributed by atoms with Gasteiger partial charge in [-0.15, -0.1) is 0 Å². The van der Waals surface area contributed by atoms with Crippen LogP contribution in [0, 0.1) is 17.8 Å². The molecule has 0 aromatic heterocycles. The molecule has 80 valence electrons. The molecule has 0 aromatic carbocycles. The van der Waals surface area contributed by atoms with Crippen LogP contribution >= 0.6 is 0 Å². The van der Waals surface area contributed by atoms with Crippen molar-refractivity contribution < 1.29 is 5.11 Å². The highest BCUT2D eigenvalue weighted by Gasteiger charge is 2.35. The molecule has 0 bridgehead atoms. The molecule has 1 nitrogen and oxygen atoms in total. The van der Waals surface area contributed by atoms with Crippen molar-refractivity contribution in [1.82, 2.24) is 0 Å². The van der Waals surface area contributed by atoms with E-state index in [0.29, 0.717) is 17.8 Å². The van der Waals surface area contributed by atoms with Crippen molar-refractivity contribution in [1.29, 1.82) is 0 Å². The predicted octanol–water partition coefficient (Wildman–Crippen LogP) is 3.47. The molecule has 0 aliphatic carbocycles. The molecule has 0 aromatic rings. The highest BCUT2D eigenvalue weighted by atomic mass is 16.3. The first kappa shape index (κ1) is 13.0. The maximum Gasteiger partial charge on any atom is 0.0672 e. The first-order valence-electron chi connectivity index (χ1n) is 5.60. The zero-order valence-electron chi connectivity index (χ0n) is 10.1. The van der Waals surface area contributed by atoms with E-state index in [1.807, 2.05) is 6.92 Å². The average molecular weight is 186 g/mol. The van der Waals surface area contributed by atoms with Crippen molar-refractivity contribution in [3.8, 4) is 0 Å². The second-order valence-electron chi connectivity index (χ2n) is 4.71. The summed E-state index contributed by atoms with van der Waals surface area (Å²) in [5, 5.41) is 10.4. The van der Waals surface area contributed by atoms with E-state index >= 15 is 0 Å². The first-order valence-corrected chi connectivity index (χ1v) is 5.60. The zero-order chi connectivity index (χ0) is 10.6. The molecule has 13 heavy (non-hydrogen) atoms. The highest BCUT2D eigenvalue weighted by Crippen LogP contribution is 2.33. The molecule has 0 radical (unpaired) electrons. The van der Waals surface area contributed by atoms with E-state index in [0.717, 1.165) is 12.8 Å². The van der Waals surface area contributed by atoms with Gasteiger partial charge >= 0.3 is 0 Å². The molecular formula is C12H26O. The summed E-state index contributed by atoms with van der Waals surface area (Å²) >= 11 is 0. The van der Waals surface area contributed by atoms with Crippen LogP contribution in [0.15, 0.2) is 0 Å². The highest BCUT2D eigenvalue weighted by molar-refractivity contribution is 4.86. The fraction of sp³-hybridized carbons (Fsp3) is 1.00. The maximum atomic E-state index is 10.4. The van der Waals surface area contributed by atoms with Crippen molar-refractivity contribution in [3.63, 3.8) is 0 Å². The monoisotopic (exact) mass is 186 g/mol. The molecule has 1 heteroatoms. The van der Waals surface area contributed by atoms with Gasteiger partial charge in [0.1, 0.15) is 0 Å². The van der Waals surface area contributed by atoms with E-state index in [1.54, 1.807) is 0 Å². The average Bonchev–Trinajstić information content (AvgIpc) is 2.13. The van der Waals surface area contributed by atoms with Crippen LogP contribution in [0.4, 0.5) is 0 Å². The molecule has 0 aliphatic heterocycles. The van der Waals surface area contributed by atoms with Gasteiger partial charge < -0.3 is 5.11 Å². The second kappa shape index (κ2) is 4.99. The molecule has 0 saturated heterocycles. The number of hydrogen-bond donors (Lipinski definition) is 1. The van der Waals surface area contributed by atoms with Gasteiger partial charge in [-0.1, -0.05) is 47.5 Å². The normalized spacial score (nSPS) is 23.3. The number of rotatable bonds is 5. The van der Waals surface area contributed by atoms with E-state index in [4.69, 9.17) is 0 Å². The second-order valence-corrected chi connectivity index (χ2v) is 4.71. The molecule has 0 rings (SSSR count). The summed E-state index contributed by atoms with van der Waals surface area (Å²) < 4.78 is 0. The Kier molecular flexibility index (Phi) is 4.98. The Morgan fingerprint density at radius 3 is 1.85 bits per heavy atom. The summed E-state index contributed by atoms with van der Waals surface area (Å²) in [6.07, 6.45) is 2.20. The Balaban J connectivity index is 4.42. The van der Waals surface area contributed by atoms with Crippen molar-refractivity contribution in [2.24, 2.45) is 17.8 Å². The lowest BCUT2D eigenvalue weighted by Crippen LogP contribution is -2.42. The van der Waals surface area contributed by atoms with Crippen molar-refractivity contribution in [3.05, 3.63) is 0 Å². The minimum atomic E-state index is -0.510. The van der Waals surface area contributed by atoms with Crippen LogP contribution in [0.5, 0.6) is 0 Å². The Morgan fingerprint density at radius 2 is 1.54 bits per heavy atom. The van der Waals surface area contributed by atoms with Crippen LogP contribution in [0.25, 0.3) is 0 Å². The third kappa shape index (κ3) is 2.98. The van der Waals surface area contributed by atoms with Crippen LogP contribution < -0.4 is 0 Å². The van der Waals surface area contributed by atoms with Crippen LogP contribution in [0.3, 0.4) is 0 Å². The summed E-state index contributed by atoms with van der Waals surface area (Å²) in [7, 11) is 0. The molecule has 0 aliphatic rings. The third-order valence-electron chi connectivity index (χ3n) is 4.03. The number of aliphatic hydroxyl groups is 1. The third-order valence-corrected chi connectivity index (χ3v) is 4.03. The van der Waals surface area contributed by atoms with E-state index in [9.17, 15) is 5.11 Å². The molecule has 0 fully saturated rings. The van der Waals surface area contributed by atoms with Crippen molar-refractivity contribution in [2.75, 3.05) is 0 Å². The van der Waals surface area contributed by atoms with Gasteiger partial charge in [-0.25, -0.2) is 0 Å². The fourth-order valence-electron chi connectivity index (χ4n) is 1.79. The molecule has 0 saturated carbocycles. The summed E-state index contributed by atoms with van der Waals surface area (Å²) in [5.41, 5.74) is -0.510. The van der Waals surface area contributed by atoms with Gasteiger partial charge in [-0.3, -0.25) is 0 Å². The minimum Gasteiger partial charge on any atom is -0.390 e. The maximum absolute atomic E-state index is 10.4. The van der Waals surface area contributed by atoms with Crippen molar-refractivity contribution in [2.45, 2.75) is 60.0 Å². The molecule has 4 unspecified atom stereocenters. The first-order chi connectivity index (χ1) is 5.87. The lowest BCUT2D eigenvalue weighted by Gasteiger charge is -2.38. The Hall–Kier alpha value is -0.0400. The van der Waals surface area contributed by atoms with E-state index in [1.165, 1.54) is 0 Å². The van der Waals surface area contributed by atoms with Gasteiger partial charge in [0.15, 0.2) is 0 Å². The molecule has 0 spiro atoms. The summed E-state index contributed by atoms with van der Waals surface area (Å²) in [6, 6.07) is 0. The van der Waals surface area contributed by atoms with Gasteiger partial charge in [0.25, 0.3) is 0 Å². The quantitative estimate of drug-likeness (QED) is 0.697. The molecular weight excluding hydrogens is 160 g/mol. The predicted molar refractivity (Wildman–Crippen MR) is 58.7 cm³/mol. The smallest absolute Gasteiger partial charge is 0.0672 e. The van der Waals surface area contributed by atoms with Gasteiger partial charge in [0.05, 0.1) is 5.60 Å². The van der Waals surface area contributed by atoms with E-state index in [-0.39, 0.29) is 0 Å². The van der Waals surface area contributed by atoms with E-state index < -0.39 is 5.60 Å². The fourth-order valence-corrected chi connectivity index (χ4v) is 1.79. The Morgan fingerprint density at radius 1 is 1.08 bits per heavy atom. The Labute approximate surface area is 83.5 Å². The van der Waals surface area contributed by atoms with Crippen LogP contribution in [0.1, 0.15) is 54.4 Å². The van der Waals surface area contributed by atoms with Gasteiger partial charge in [0.2, 0.25) is 0 Å². The van der Waals surface area contributed by atoms with Crippen molar-refractivity contribution >= 4 is 0 Å². The Bertz CT molecular complexity index is 140. The molecule has 1 N–H and O–H groups in total. The van der Waals surface area contributed by atoms with Crippen LogP contribution in [0.2, 0.25) is 0 Å². The van der Waals surface area contributed by atoms with Gasteiger partial charge in [-0.05, 0) is 24.7 Å². The number of hydrogen-bond acceptors (Lipinski definition) is 1. The molecule has 0 amide bonds. The van der Waals surface area contributed by atoms with Crippen LogP contribution in [-0.4, -0.2) is 10.7 Å². The minimum absolute atomic E-state index is 0.382. The summed E-state index contributed by atoms with van der Waals surface area (Å²) in [6.45, 7) is 12.8. The molecule has 4 atom stereocenters. The standard InChI is InChI=1S/C12H26O/c1-7-9(3)11(5)12(6,13)10(4)8-2/h9-11,13H,7-8H2,1-6H3. The lowest BCUT2D eigenvalue weighted by atomic mass is 9.73. The lowest BCUT2D eigenvalue weighted by molar-refractivity contribution is -0.0611. The van der Waals surface area contributed by atoms with Crippen LogP contribution in [-0.2, 0) is 0 Å². The van der Waals surface area contributed by atoms with Gasteiger partial charge in [-0.2, -0.15) is 0 Å². The van der Waals surface area contributed by atoms with Gasteiger partial charge in [0, 0.05) is 0 Å².